The molecule has 1 saturated heterocycles. The van der Waals surface area contributed by atoms with Crippen LogP contribution in [0.4, 0.5) is 17.8 Å². The number of anilines is 3. The number of amides is 2. The summed E-state index contributed by atoms with van der Waals surface area (Å²) in [5, 5.41) is 2.20. The Bertz CT molecular complexity index is 486. The SMILES string of the molecule is CN(C)c1nc(N)nc(N2CC(=O)NC(=O)C2)n1. The molecular weight excluding hydrogens is 238 g/mol. The van der Waals surface area contributed by atoms with Crippen molar-refractivity contribution >= 4 is 29.7 Å². The highest BCUT2D eigenvalue weighted by Crippen LogP contribution is 2.14. The van der Waals surface area contributed by atoms with Gasteiger partial charge in [0.2, 0.25) is 29.7 Å². The molecule has 0 aliphatic carbocycles. The minimum absolute atomic E-state index is 0.0159. The Morgan fingerprint density at radius 3 is 2.33 bits per heavy atom. The van der Waals surface area contributed by atoms with Gasteiger partial charge in [-0.25, -0.2) is 0 Å². The van der Waals surface area contributed by atoms with Gasteiger partial charge in [-0.15, -0.1) is 0 Å². The van der Waals surface area contributed by atoms with Crippen molar-refractivity contribution in [2.75, 3.05) is 42.7 Å². The van der Waals surface area contributed by atoms with Gasteiger partial charge in [0.15, 0.2) is 0 Å². The second-order valence-corrected chi connectivity index (χ2v) is 4.02. The van der Waals surface area contributed by atoms with E-state index in [0.717, 1.165) is 0 Å². The number of nitrogens with two attached hydrogens (primary N) is 1. The summed E-state index contributed by atoms with van der Waals surface area (Å²) in [5.74, 6) is -0.152. The molecule has 1 aliphatic rings. The minimum Gasteiger partial charge on any atom is -0.368 e. The summed E-state index contributed by atoms with van der Waals surface area (Å²) in [6.07, 6.45) is 0. The molecule has 0 bridgehead atoms. The number of nitrogen functional groups attached to an aromatic ring is 1. The van der Waals surface area contributed by atoms with Gasteiger partial charge in [-0.2, -0.15) is 15.0 Å². The van der Waals surface area contributed by atoms with Crippen LogP contribution in [-0.4, -0.2) is 54.0 Å². The van der Waals surface area contributed by atoms with Gasteiger partial charge in [0.05, 0.1) is 0 Å². The zero-order valence-electron chi connectivity index (χ0n) is 10.0. The summed E-state index contributed by atoms with van der Waals surface area (Å²) in [6.45, 7) is 0.0319. The molecule has 1 fully saturated rings. The van der Waals surface area contributed by atoms with E-state index in [4.69, 9.17) is 5.73 Å². The molecule has 2 heterocycles. The fourth-order valence-electron chi connectivity index (χ4n) is 1.49. The zero-order valence-corrected chi connectivity index (χ0v) is 10.0. The lowest BCUT2D eigenvalue weighted by Crippen LogP contribution is -2.52. The van der Waals surface area contributed by atoms with Gasteiger partial charge in [-0.3, -0.25) is 14.9 Å². The highest BCUT2D eigenvalue weighted by molar-refractivity contribution is 6.02. The number of hydrogen-bond donors (Lipinski definition) is 2. The first-order chi connectivity index (χ1) is 8.45. The molecule has 96 valence electrons. The Hall–Kier alpha value is -2.45. The second-order valence-electron chi connectivity index (χ2n) is 4.02. The average molecular weight is 251 g/mol. The van der Waals surface area contributed by atoms with Gasteiger partial charge in [0.25, 0.3) is 0 Å². The van der Waals surface area contributed by atoms with Gasteiger partial charge in [0, 0.05) is 14.1 Å². The fourth-order valence-corrected chi connectivity index (χ4v) is 1.49. The van der Waals surface area contributed by atoms with Gasteiger partial charge in [0.1, 0.15) is 13.1 Å². The molecule has 2 rings (SSSR count). The first-order valence-corrected chi connectivity index (χ1v) is 5.22. The summed E-state index contributed by atoms with van der Waals surface area (Å²) in [7, 11) is 3.51. The standard InChI is InChI=1S/C9H13N7O2/c1-15(2)8-12-7(10)13-9(14-8)16-3-5(17)11-6(18)4-16/h3-4H2,1-2H3,(H,11,17,18)(H2,10,12,13,14). The van der Waals surface area contributed by atoms with E-state index in [2.05, 4.69) is 20.3 Å². The van der Waals surface area contributed by atoms with Crippen molar-refractivity contribution in [1.82, 2.24) is 20.3 Å². The highest BCUT2D eigenvalue weighted by Gasteiger charge is 2.25. The maximum Gasteiger partial charge on any atom is 0.246 e. The normalized spacial score (nSPS) is 15.6. The number of nitrogens with zero attached hydrogens (tertiary/aromatic N) is 5. The number of piperazine rings is 1. The Morgan fingerprint density at radius 2 is 1.78 bits per heavy atom. The van der Waals surface area contributed by atoms with E-state index in [1.165, 1.54) is 4.90 Å². The molecular formula is C9H13N7O2. The van der Waals surface area contributed by atoms with Crippen molar-refractivity contribution in [3.63, 3.8) is 0 Å². The zero-order chi connectivity index (χ0) is 13.3. The van der Waals surface area contributed by atoms with Crippen molar-refractivity contribution < 1.29 is 9.59 Å². The number of hydrogen-bond acceptors (Lipinski definition) is 8. The third-order valence-corrected chi connectivity index (χ3v) is 2.26. The van der Waals surface area contributed by atoms with E-state index in [1.807, 2.05) is 0 Å². The van der Waals surface area contributed by atoms with E-state index >= 15 is 0 Å². The second kappa shape index (κ2) is 4.43. The molecule has 18 heavy (non-hydrogen) atoms. The molecule has 0 radical (unpaired) electrons. The Labute approximate surface area is 103 Å². The van der Waals surface area contributed by atoms with Crippen LogP contribution in [0, 0.1) is 0 Å². The van der Waals surface area contributed by atoms with Crippen LogP contribution in [0.1, 0.15) is 0 Å². The summed E-state index contributed by atoms with van der Waals surface area (Å²) in [5.41, 5.74) is 5.57. The summed E-state index contributed by atoms with van der Waals surface area (Å²) in [6, 6.07) is 0. The lowest BCUT2D eigenvalue weighted by atomic mass is 10.3. The highest BCUT2D eigenvalue weighted by atomic mass is 16.2. The predicted octanol–water partition coefficient (Wildman–Crippen LogP) is -2.02. The predicted molar refractivity (Wildman–Crippen MR) is 63.9 cm³/mol. The van der Waals surface area contributed by atoms with Crippen LogP contribution in [0.3, 0.4) is 0 Å². The van der Waals surface area contributed by atoms with Crippen LogP contribution in [0.2, 0.25) is 0 Å². The Kier molecular flexibility index (Phi) is 2.96. The quantitative estimate of drug-likeness (QED) is 0.578. The Balaban J connectivity index is 2.32. The van der Waals surface area contributed by atoms with Crippen molar-refractivity contribution in [2.24, 2.45) is 0 Å². The molecule has 1 aromatic rings. The lowest BCUT2D eigenvalue weighted by molar-refractivity contribution is -0.130. The van der Waals surface area contributed by atoms with E-state index in [-0.39, 0.29) is 25.0 Å². The third kappa shape index (κ3) is 2.44. The smallest absolute Gasteiger partial charge is 0.246 e. The van der Waals surface area contributed by atoms with Crippen LogP contribution in [0.15, 0.2) is 0 Å². The number of carbonyl (C=O) groups is 2. The number of nitrogens with one attached hydrogen (secondary N) is 1. The minimum atomic E-state index is -0.392. The van der Waals surface area contributed by atoms with Crippen molar-refractivity contribution in [3.05, 3.63) is 0 Å². The third-order valence-electron chi connectivity index (χ3n) is 2.26. The number of imide groups is 1. The maximum absolute atomic E-state index is 11.3. The largest absolute Gasteiger partial charge is 0.368 e. The van der Waals surface area contributed by atoms with Crippen LogP contribution < -0.4 is 20.9 Å². The van der Waals surface area contributed by atoms with E-state index in [1.54, 1.807) is 19.0 Å². The van der Waals surface area contributed by atoms with Crippen molar-refractivity contribution in [1.29, 1.82) is 0 Å². The molecule has 2 amide bonds. The van der Waals surface area contributed by atoms with E-state index < -0.39 is 11.8 Å². The van der Waals surface area contributed by atoms with Crippen LogP contribution in [0.5, 0.6) is 0 Å². The van der Waals surface area contributed by atoms with Gasteiger partial charge in [-0.05, 0) is 0 Å². The van der Waals surface area contributed by atoms with E-state index in [0.29, 0.717) is 5.95 Å². The molecule has 9 heteroatoms. The maximum atomic E-state index is 11.3. The van der Waals surface area contributed by atoms with Crippen molar-refractivity contribution in [2.45, 2.75) is 0 Å². The summed E-state index contributed by atoms with van der Waals surface area (Å²) >= 11 is 0. The molecule has 0 aromatic carbocycles. The summed E-state index contributed by atoms with van der Waals surface area (Å²) in [4.78, 5) is 37.7. The van der Waals surface area contributed by atoms with Crippen molar-refractivity contribution in [3.8, 4) is 0 Å². The number of rotatable bonds is 2. The van der Waals surface area contributed by atoms with E-state index in [9.17, 15) is 9.59 Å². The molecule has 0 atom stereocenters. The fraction of sp³-hybridized carbons (Fsp3) is 0.444. The summed E-state index contributed by atoms with van der Waals surface area (Å²) < 4.78 is 0. The molecule has 1 aliphatic heterocycles. The molecule has 0 spiro atoms. The Morgan fingerprint density at radius 1 is 1.17 bits per heavy atom. The van der Waals surface area contributed by atoms with Crippen LogP contribution in [0.25, 0.3) is 0 Å². The molecule has 3 N–H and O–H groups in total. The van der Waals surface area contributed by atoms with Crippen LogP contribution in [-0.2, 0) is 9.59 Å². The van der Waals surface area contributed by atoms with Gasteiger partial charge >= 0.3 is 0 Å². The molecule has 0 saturated carbocycles. The molecule has 9 nitrogen and oxygen atoms in total. The monoisotopic (exact) mass is 251 g/mol. The van der Waals surface area contributed by atoms with Crippen LogP contribution >= 0.6 is 0 Å². The lowest BCUT2D eigenvalue weighted by Gasteiger charge is -2.25. The molecule has 0 unspecified atom stereocenters. The topological polar surface area (TPSA) is 117 Å². The number of aromatic nitrogens is 3. The van der Waals surface area contributed by atoms with Gasteiger partial charge < -0.3 is 15.5 Å². The first-order valence-electron chi connectivity index (χ1n) is 5.22. The molecule has 1 aromatic heterocycles. The first kappa shape index (κ1) is 12.0. The average Bonchev–Trinajstić information content (AvgIpc) is 2.26. The number of carbonyl (C=O) groups excluding carboxylic acids is 2. The van der Waals surface area contributed by atoms with Gasteiger partial charge in [-0.1, -0.05) is 0 Å².